The lowest BCUT2D eigenvalue weighted by atomic mass is 10.2. The molecule has 0 unspecified atom stereocenters. The summed E-state index contributed by atoms with van der Waals surface area (Å²) < 4.78 is 10.7. The molecule has 0 saturated carbocycles. The zero-order valence-corrected chi connectivity index (χ0v) is 19.3. The van der Waals surface area contributed by atoms with Crippen molar-refractivity contribution in [2.24, 2.45) is 4.99 Å². The fourth-order valence-electron chi connectivity index (χ4n) is 2.59. The van der Waals surface area contributed by atoms with Crippen LogP contribution < -0.4 is 20.1 Å². The number of aliphatic imine (C=N–C) groups is 1. The molecule has 0 bridgehead atoms. The molecule has 0 radical (unpaired) electrons. The fourth-order valence-corrected chi connectivity index (χ4v) is 2.59. The topological polar surface area (TPSA) is 58.1 Å². The quantitative estimate of drug-likeness (QED) is 0.308. The van der Waals surface area contributed by atoms with E-state index in [9.17, 15) is 0 Å². The van der Waals surface area contributed by atoms with Gasteiger partial charge in [-0.1, -0.05) is 6.92 Å². The Labute approximate surface area is 175 Å². The molecule has 1 rings (SSSR count). The second kappa shape index (κ2) is 13.9. The lowest BCUT2D eigenvalue weighted by molar-refractivity contribution is 0.237. The van der Waals surface area contributed by atoms with Gasteiger partial charge < -0.3 is 20.1 Å². The highest BCUT2D eigenvalue weighted by atomic mass is 127. The van der Waals surface area contributed by atoms with Crippen LogP contribution in [-0.2, 0) is 6.54 Å². The lowest BCUT2D eigenvalue weighted by Crippen LogP contribution is -2.43. The van der Waals surface area contributed by atoms with Gasteiger partial charge in [-0.3, -0.25) is 4.90 Å². The van der Waals surface area contributed by atoms with E-state index >= 15 is 0 Å². The molecule has 0 aliphatic rings. The summed E-state index contributed by atoms with van der Waals surface area (Å²) in [5, 5.41) is 6.69. The van der Waals surface area contributed by atoms with Crippen LogP contribution in [0, 0.1) is 0 Å². The third-order valence-corrected chi connectivity index (χ3v) is 4.07. The van der Waals surface area contributed by atoms with Gasteiger partial charge in [-0.2, -0.15) is 0 Å². The van der Waals surface area contributed by atoms with E-state index in [0.717, 1.165) is 49.2 Å². The molecule has 0 atom stereocenters. The van der Waals surface area contributed by atoms with Crippen molar-refractivity contribution in [2.45, 2.75) is 40.3 Å². The maximum absolute atomic E-state index is 5.44. The predicted molar refractivity (Wildman–Crippen MR) is 120 cm³/mol. The largest absolute Gasteiger partial charge is 0.497 e. The van der Waals surface area contributed by atoms with Gasteiger partial charge in [0.25, 0.3) is 0 Å². The number of guanidine groups is 1. The van der Waals surface area contributed by atoms with Crippen LogP contribution in [-0.4, -0.2) is 57.3 Å². The molecule has 26 heavy (non-hydrogen) atoms. The minimum atomic E-state index is 0. The number of hydrogen-bond acceptors (Lipinski definition) is 4. The summed E-state index contributed by atoms with van der Waals surface area (Å²) in [6, 6.07) is 6.35. The Morgan fingerprint density at radius 1 is 1.15 bits per heavy atom. The van der Waals surface area contributed by atoms with Crippen molar-refractivity contribution in [1.29, 1.82) is 0 Å². The Hall–Kier alpha value is -1.22. The second-order valence-corrected chi connectivity index (χ2v) is 6.02. The van der Waals surface area contributed by atoms with Gasteiger partial charge in [0.2, 0.25) is 0 Å². The van der Waals surface area contributed by atoms with E-state index in [2.05, 4.69) is 48.2 Å². The van der Waals surface area contributed by atoms with E-state index in [1.54, 1.807) is 14.2 Å². The summed E-state index contributed by atoms with van der Waals surface area (Å²) in [6.45, 7) is 13.0. The van der Waals surface area contributed by atoms with E-state index in [0.29, 0.717) is 12.6 Å². The van der Waals surface area contributed by atoms with Gasteiger partial charge in [0, 0.05) is 37.3 Å². The molecular weight excluding hydrogens is 443 g/mol. The minimum absolute atomic E-state index is 0. The van der Waals surface area contributed by atoms with Crippen LogP contribution in [0.25, 0.3) is 0 Å². The zero-order chi connectivity index (χ0) is 18.7. The molecule has 0 aromatic heterocycles. The van der Waals surface area contributed by atoms with Gasteiger partial charge in [0.05, 0.1) is 20.8 Å². The average Bonchev–Trinajstić information content (AvgIpc) is 2.62. The number of hydrogen-bond donors (Lipinski definition) is 2. The molecule has 150 valence electrons. The zero-order valence-electron chi connectivity index (χ0n) is 17.0. The SMILES string of the molecule is CCNC(=NCc1ccc(OC)cc1OC)NCCN(CC)C(C)C.I. The Kier molecular flexibility index (Phi) is 13.3. The molecule has 0 heterocycles. The molecule has 6 nitrogen and oxygen atoms in total. The molecule has 1 aromatic rings. The van der Waals surface area contributed by atoms with E-state index in [-0.39, 0.29) is 24.0 Å². The second-order valence-electron chi connectivity index (χ2n) is 6.02. The van der Waals surface area contributed by atoms with E-state index in [1.807, 2.05) is 18.2 Å². The van der Waals surface area contributed by atoms with Gasteiger partial charge in [0.15, 0.2) is 5.96 Å². The van der Waals surface area contributed by atoms with Crippen molar-refractivity contribution in [3.8, 4) is 11.5 Å². The third-order valence-electron chi connectivity index (χ3n) is 4.07. The monoisotopic (exact) mass is 478 g/mol. The van der Waals surface area contributed by atoms with Crippen LogP contribution in [0.2, 0.25) is 0 Å². The molecule has 0 aliphatic heterocycles. The first kappa shape index (κ1) is 24.8. The van der Waals surface area contributed by atoms with Crippen LogP contribution in [0.15, 0.2) is 23.2 Å². The normalized spacial score (nSPS) is 11.3. The van der Waals surface area contributed by atoms with Crippen LogP contribution >= 0.6 is 24.0 Å². The van der Waals surface area contributed by atoms with Crippen molar-refractivity contribution >= 4 is 29.9 Å². The van der Waals surface area contributed by atoms with Gasteiger partial charge >= 0.3 is 0 Å². The van der Waals surface area contributed by atoms with Gasteiger partial charge in [-0.15, -0.1) is 24.0 Å². The van der Waals surface area contributed by atoms with E-state index < -0.39 is 0 Å². The van der Waals surface area contributed by atoms with Crippen LogP contribution in [0.4, 0.5) is 0 Å². The molecule has 7 heteroatoms. The summed E-state index contributed by atoms with van der Waals surface area (Å²) in [6.07, 6.45) is 0. The molecule has 1 aromatic carbocycles. The van der Waals surface area contributed by atoms with Crippen LogP contribution in [0.3, 0.4) is 0 Å². The number of nitrogens with one attached hydrogen (secondary N) is 2. The van der Waals surface area contributed by atoms with Crippen molar-refractivity contribution in [3.63, 3.8) is 0 Å². The number of halogens is 1. The fraction of sp³-hybridized carbons (Fsp3) is 0.632. The van der Waals surface area contributed by atoms with Gasteiger partial charge in [-0.05, 0) is 39.4 Å². The highest BCUT2D eigenvalue weighted by molar-refractivity contribution is 14.0. The van der Waals surface area contributed by atoms with Crippen molar-refractivity contribution in [1.82, 2.24) is 15.5 Å². The molecule has 0 fully saturated rings. The maximum atomic E-state index is 5.44. The Bertz CT molecular complexity index is 538. The number of rotatable bonds is 10. The number of ether oxygens (including phenoxy) is 2. The number of nitrogens with zero attached hydrogens (tertiary/aromatic N) is 2. The first-order chi connectivity index (χ1) is 12.0. The highest BCUT2D eigenvalue weighted by Crippen LogP contribution is 2.25. The van der Waals surface area contributed by atoms with E-state index in [4.69, 9.17) is 9.47 Å². The number of likely N-dealkylation sites (N-methyl/N-ethyl adjacent to an activating group) is 1. The Morgan fingerprint density at radius 3 is 2.42 bits per heavy atom. The molecule has 0 spiro atoms. The van der Waals surface area contributed by atoms with E-state index in [1.165, 1.54) is 0 Å². The maximum Gasteiger partial charge on any atom is 0.191 e. The van der Waals surface area contributed by atoms with Crippen molar-refractivity contribution < 1.29 is 9.47 Å². The molecule has 2 N–H and O–H groups in total. The third kappa shape index (κ3) is 8.44. The molecular formula is C19H35IN4O2. The Balaban J connectivity index is 0.00000625. The summed E-state index contributed by atoms with van der Waals surface area (Å²) >= 11 is 0. The molecule has 0 aliphatic carbocycles. The van der Waals surface area contributed by atoms with Crippen LogP contribution in [0.5, 0.6) is 11.5 Å². The summed E-state index contributed by atoms with van der Waals surface area (Å²) in [4.78, 5) is 7.09. The summed E-state index contributed by atoms with van der Waals surface area (Å²) in [7, 11) is 3.31. The first-order valence-corrected chi connectivity index (χ1v) is 9.02. The first-order valence-electron chi connectivity index (χ1n) is 9.02. The smallest absolute Gasteiger partial charge is 0.191 e. The summed E-state index contributed by atoms with van der Waals surface area (Å²) in [5.74, 6) is 2.39. The van der Waals surface area contributed by atoms with Crippen LogP contribution in [0.1, 0.15) is 33.3 Å². The number of methoxy groups -OCH3 is 2. The highest BCUT2D eigenvalue weighted by Gasteiger charge is 2.08. The standard InChI is InChI=1S/C19H34N4O2.HI/c1-7-20-19(21-11-12-23(8-2)15(3)4)22-14-16-9-10-17(24-5)13-18(16)25-6;/h9-10,13,15H,7-8,11-12,14H2,1-6H3,(H2,20,21,22);1H. The predicted octanol–water partition coefficient (Wildman–Crippen LogP) is 3.11. The van der Waals surface area contributed by atoms with Gasteiger partial charge in [-0.25, -0.2) is 4.99 Å². The minimum Gasteiger partial charge on any atom is -0.497 e. The van der Waals surface area contributed by atoms with Crippen molar-refractivity contribution in [2.75, 3.05) is 40.4 Å². The molecule has 0 amide bonds. The van der Waals surface area contributed by atoms with Gasteiger partial charge in [0.1, 0.15) is 11.5 Å². The Morgan fingerprint density at radius 2 is 1.88 bits per heavy atom. The summed E-state index contributed by atoms with van der Waals surface area (Å²) in [5.41, 5.74) is 1.03. The molecule has 0 saturated heterocycles. The van der Waals surface area contributed by atoms with Crippen molar-refractivity contribution in [3.05, 3.63) is 23.8 Å². The average molecular weight is 478 g/mol. The number of benzene rings is 1. The lowest BCUT2D eigenvalue weighted by Gasteiger charge is -2.25.